The molecule has 2 N–H and O–H groups in total. The number of phenols is 1. The van der Waals surface area contributed by atoms with Gasteiger partial charge in [0.25, 0.3) is 0 Å². The first-order valence-electron chi connectivity index (χ1n) is 7.64. The molecule has 1 aliphatic heterocycles. The maximum atomic E-state index is 10.0. The lowest BCUT2D eigenvalue weighted by atomic mass is 10.1. The number of nitrogens with one attached hydrogen (secondary N) is 1. The van der Waals surface area contributed by atoms with Crippen molar-refractivity contribution in [2.24, 2.45) is 5.92 Å². The van der Waals surface area contributed by atoms with Gasteiger partial charge in [-0.3, -0.25) is 4.90 Å². The molecular weight excluding hydrogens is 272 g/mol. The van der Waals surface area contributed by atoms with Gasteiger partial charge in [-0.05, 0) is 50.3 Å². The van der Waals surface area contributed by atoms with E-state index in [1.165, 1.54) is 25.7 Å². The van der Waals surface area contributed by atoms with Crippen molar-refractivity contribution in [3.8, 4) is 5.75 Å². The van der Waals surface area contributed by atoms with E-state index >= 15 is 0 Å². The highest BCUT2D eigenvalue weighted by Crippen LogP contribution is 2.32. The lowest BCUT2D eigenvalue weighted by Crippen LogP contribution is -2.38. The molecule has 2 aliphatic rings. The molecule has 1 saturated carbocycles. The largest absolute Gasteiger partial charge is 0.508 e. The Labute approximate surface area is 125 Å². The van der Waals surface area contributed by atoms with Crippen molar-refractivity contribution in [3.63, 3.8) is 0 Å². The van der Waals surface area contributed by atoms with Crippen molar-refractivity contribution in [1.82, 2.24) is 10.2 Å². The Kier molecular flexibility index (Phi) is 4.49. The lowest BCUT2D eigenvalue weighted by Gasteiger charge is -2.26. The highest BCUT2D eigenvalue weighted by atomic mass is 35.5. The first kappa shape index (κ1) is 14.2. The Bertz CT molecular complexity index is 436. The maximum absolute atomic E-state index is 10.0. The summed E-state index contributed by atoms with van der Waals surface area (Å²) in [6, 6.07) is 5.98. The smallest absolute Gasteiger partial charge is 0.121 e. The van der Waals surface area contributed by atoms with Crippen LogP contribution in [0.15, 0.2) is 18.2 Å². The van der Waals surface area contributed by atoms with Crippen LogP contribution in [0.4, 0.5) is 0 Å². The van der Waals surface area contributed by atoms with Gasteiger partial charge in [0, 0.05) is 36.3 Å². The molecule has 4 heteroatoms. The first-order valence-corrected chi connectivity index (χ1v) is 8.02. The number of halogens is 1. The third kappa shape index (κ3) is 3.66. The predicted octanol–water partition coefficient (Wildman–Crippen LogP) is 3.01. The summed E-state index contributed by atoms with van der Waals surface area (Å²) in [7, 11) is 0. The SMILES string of the molecule is Oc1cccc(Cl)c1CN(CC1CC1)CC1CCCN1. The molecule has 3 nitrogen and oxygen atoms in total. The zero-order chi connectivity index (χ0) is 13.9. The zero-order valence-electron chi connectivity index (χ0n) is 11.8. The molecule has 0 bridgehead atoms. The Morgan fingerprint density at radius 2 is 2.10 bits per heavy atom. The van der Waals surface area contributed by atoms with Crippen molar-refractivity contribution < 1.29 is 5.11 Å². The van der Waals surface area contributed by atoms with Crippen LogP contribution in [-0.2, 0) is 6.54 Å². The predicted molar refractivity (Wildman–Crippen MR) is 82.1 cm³/mol. The molecule has 0 amide bonds. The van der Waals surface area contributed by atoms with Gasteiger partial charge in [-0.25, -0.2) is 0 Å². The highest BCUT2D eigenvalue weighted by Gasteiger charge is 2.27. The minimum atomic E-state index is 0.317. The summed E-state index contributed by atoms with van der Waals surface area (Å²) in [5.74, 6) is 1.17. The highest BCUT2D eigenvalue weighted by molar-refractivity contribution is 6.31. The fourth-order valence-electron chi connectivity index (χ4n) is 3.02. The van der Waals surface area contributed by atoms with Gasteiger partial charge in [-0.15, -0.1) is 0 Å². The van der Waals surface area contributed by atoms with E-state index in [4.69, 9.17) is 11.6 Å². The van der Waals surface area contributed by atoms with Crippen molar-refractivity contribution >= 4 is 11.6 Å². The second kappa shape index (κ2) is 6.33. The van der Waals surface area contributed by atoms with E-state index in [1.54, 1.807) is 12.1 Å². The summed E-state index contributed by atoms with van der Waals surface area (Å²) in [6.45, 7) is 4.07. The van der Waals surface area contributed by atoms with Crippen molar-refractivity contribution in [2.45, 2.75) is 38.3 Å². The summed E-state index contributed by atoms with van der Waals surface area (Å²) in [6.07, 6.45) is 5.24. The molecule has 1 atom stereocenters. The van der Waals surface area contributed by atoms with Crippen molar-refractivity contribution in [2.75, 3.05) is 19.6 Å². The van der Waals surface area contributed by atoms with Gasteiger partial charge in [-0.1, -0.05) is 17.7 Å². The molecule has 110 valence electrons. The van der Waals surface area contributed by atoms with Crippen LogP contribution in [0, 0.1) is 5.92 Å². The molecule has 0 aromatic heterocycles. The summed E-state index contributed by atoms with van der Waals surface area (Å²) in [4.78, 5) is 2.46. The molecule has 0 radical (unpaired) electrons. The standard InChI is InChI=1S/C16H23ClN2O/c17-15-4-1-5-16(20)14(15)11-19(9-12-6-7-12)10-13-3-2-8-18-13/h1,4-5,12-13,18,20H,2-3,6-11H2. The Balaban J connectivity index is 1.67. The van der Waals surface area contributed by atoms with Crippen LogP contribution in [0.3, 0.4) is 0 Å². The van der Waals surface area contributed by atoms with Crippen LogP contribution in [0.1, 0.15) is 31.2 Å². The Hall–Kier alpha value is -0.770. The van der Waals surface area contributed by atoms with E-state index in [-0.39, 0.29) is 0 Å². The van der Waals surface area contributed by atoms with Crippen LogP contribution in [0.5, 0.6) is 5.75 Å². The average Bonchev–Trinajstić information content (AvgIpc) is 3.08. The summed E-state index contributed by atoms with van der Waals surface area (Å²) < 4.78 is 0. The van der Waals surface area contributed by atoms with Crippen LogP contribution in [0.2, 0.25) is 5.02 Å². The van der Waals surface area contributed by atoms with E-state index in [0.29, 0.717) is 16.8 Å². The Morgan fingerprint density at radius 3 is 2.75 bits per heavy atom. The Morgan fingerprint density at radius 1 is 1.25 bits per heavy atom. The molecule has 1 saturated heterocycles. The van der Waals surface area contributed by atoms with E-state index < -0.39 is 0 Å². The monoisotopic (exact) mass is 294 g/mol. The third-order valence-corrected chi connectivity index (χ3v) is 4.68. The minimum absolute atomic E-state index is 0.317. The molecule has 0 spiro atoms. The number of benzene rings is 1. The quantitative estimate of drug-likeness (QED) is 0.846. The second-order valence-electron chi connectivity index (χ2n) is 6.17. The molecular formula is C16H23ClN2O. The van der Waals surface area contributed by atoms with Crippen molar-refractivity contribution in [1.29, 1.82) is 0 Å². The fourth-order valence-corrected chi connectivity index (χ4v) is 3.25. The summed E-state index contributed by atoms with van der Waals surface area (Å²) in [5, 5.41) is 14.3. The minimum Gasteiger partial charge on any atom is -0.508 e. The zero-order valence-corrected chi connectivity index (χ0v) is 12.6. The number of hydrogen-bond donors (Lipinski definition) is 2. The number of hydrogen-bond acceptors (Lipinski definition) is 3. The second-order valence-corrected chi connectivity index (χ2v) is 6.58. The molecule has 3 rings (SSSR count). The molecule has 1 heterocycles. The van der Waals surface area contributed by atoms with Gasteiger partial charge in [0.1, 0.15) is 5.75 Å². The molecule has 1 unspecified atom stereocenters. The molecule has 2 fully saturated rings. The summed E-state index contributed by atoms with van der Waals surface area (Å²) in [5.41, 5.74) is 0.868. The lowest BCUT2D eigenvalue weighted by molar-refractivity contribution is 0.229. The van der Waals surface area contributed by atoms with Crippen LogP contribution < -0.4 is 5.32 Å². The number of rotatable bonds is 6. The van der Waals surface area contributed by atoms with E-state index in [0.717, 1.165) is 37.7 Å². The topological polar surface area (TPSA) is 35.5 Å². The van der Waals surface area contributed by atoms with E-state index in [9.17, 15) is 5.11 Å². The average molecular weight is 295 g/mol. The summed E-state index contributed by atoms with van der Waals surface area (Å²) >= 11 is 6.24. The van der Waals surface area contributed by atoms with Crippen molar-refractivity contribution in [3.05, 3.63) is 28.8 Å². The third-order valence-electron chi connectivity index (χ3n) is 4.33. The number of nitrogens with zero attached hydrogens (tertiary/aromatic N) is 1. The van der Waals surface area contributed by atoms with Crippen LogP contribution >= 0.6 is 11.6 Å². The molecule has 1 aliphatic carbocycles. The van der Waals surface area contributed by atoms with Gasteiger partial charge in [0.2, 0.25) is 0 Å². The van der Waals surface area contributed by atoms with Gasteiger partial charge >= 0.3 is 0 Å². The number of aromatic hydroxyl groups is 1. The van der Waals surface area contributed by atoms with E-state index in [1.807, 2.05) is 6.07 Å². The maximum Gasteiger partial charge on any atom is 0.121 e. The van der Waals surface area contributed by atoms with Gasteiger partial charge in [0.05, 0.1) is 0 Å². The number of phenolic OH excluding ortho intramolecular Hbond substituents is 1. The van der Waals surface area contributed by atoms with Crippen LogP contribution in [0.25, 0.3) is 0 Å². The van der Waals surface area contributed by atoms with Gasteiger partial charge in [-0.2, -0.15) is 0 Å². The fraction of sp³-hybridized carbons (Fsp3) is 0.625. The molecule has 1 aromatic carbocycles. The molecule has 20 heavy (non-hydrogen) atoms. The normalized spacial score (nSPS) is 22.6. The molecule has 1 aromatic rings. The van der Waals surface area contributed by atoms with Gasteiger partial charge in [0.15, 0.2) is 0 Å². The van der Waals surface area contributed by atoms with Crippen LogP contribution in [-0.4, -0.2) is 35.7 Å². The van der Waals surface area contributed by atoms with Gasteiger partial charge < -0.3 is 10.4 Å². The van der Waals surface area contributed by atoms with E-state index in [2.05, 4.69) is 10.2 Å². The first-order chi connectivity index (χ1) is 9.72.